The van der Waals surface area contributed by atoms with Crippen LogP contribution < -0.4 is 9.64 Å². The summed E-state index contributed by atoms with van der Waals surface area (Å²) in [5.41, 5.74) is 3.59. The van der Waals surface area contributed by atoms with Crippen LogP contribution in [0.3, 0.4) is 0 Å². The molecule has 1 saturated heterocycles. The maximum Gasteiger partial charge on any atom is 0.142 e. The smallest absolute Gasteiger partial charge is 0.142 e. The average molecular weight is 413 g/mol. The predicted octanol–water partition coefficient (Wildman–Crippen LogP) is 2.98. The van der Waals surface area contributed by atoms with Gasteiger partial charge in [-0.25, -0.2) is 0 Å². The first-order valence-electron chi connectivity index (χ1n) is 10.1. The number of thiophene rings is 1. The van der Waals surface area contributed by atoms with Crippen molar-refractivity contribution in [3.63, 3.8) is 0 Å². The second-order valence-electron chi connectivity index (χ2n) is 7.19. The third-order valence-corrected chi connectivity index (χ3v) is 6.35. The SMILES string of the molecule is COc1ccccc1N1CCN(CCc2cnn(CCO)c2-c2cccs2)CC1. The number of methoxy groups -OCH3 is 1. The summed E-state index contributed by atoms with van der Waals surface area (Å²) in [6, 6.07) is 12.4. The molecule has 1 aliphatic rings. The van der Waals surface area contributed by atoms with E-state index in [2.05, 4.69) is 44.5 Å². The maximum atomic E-state index is 9.36. The number of para-hydroxylation sites is 2. The van der Waals surface area contributed by atoms with Crippen LogP contribution in [0, 0.1) is 0 Å². The van der Waals surface area contributed by atoms with E-state index in [1.54, 1.807) is 18.4 Å². The van der Waals surface area contributed by atoms with Crippen LogP contribution in [0.1, 0.15) is 5.56 Å². The van der Waals surface area contributed by atoms with E-state index in [1.165, 1.54) is 16.1 Å². The van der Waals surface area contributed by atoms with Gasteiger partial charge < -0.3 is 14.7 Å². The highest BCUT2D eigenvalue weighted by Crippen LogP contribution is 2.30. The average Bonchev–Trinajstić information content (AvgIpc) is 3.42. The van der Waals surface area contributed by atoms with Crippen molar-refractivity contribution in [2.45, 2.75) is 13.0 Å². The largest absolute Gasteiger partial charge is 0.495 e. The Bertz CT molecular complexity index is 901. The van der Waals surface area contributed by atoms with E-state index in [1.807, 2.05) is 23.0 Å². The number of hydrogen-bond acceptors (Lipinski definition) is 6. The van der Waals surface area contributed by atoms with Gasteiger partial charge in [0.05, 0.1) is 42.7 Å². The van der Waals surface area contributed by atoms with Gasteiger partial charge in [0.1, 0.15) is 5.75 Å². The van der Waals surface area contributed by atoms with E-state index >= 15 is 0 Å². The summed E-state index contributed by atoms with van der Waals surface area (Å²) < 4.78 is 7.45. The van der Waals surface area contributed by atoms with E-state index in [9.17, 15) is 5.11 Å². The van der Waals surface area contributed by atoms with Gasteiger partial charge >= 0.3 is 0 Å². The Morgan fingerprint density at radius 3 is 2.62 bits per heavy atom. The minimum atomic E-state index is 0.102. The zero-order valence-corrected chi connectivity index (χ0v) is 17.6. The third-order valence-electron chi connectivity index (χ3n) is 5.48. The maximum absolute atomic E-state index is 9.36. The molecule has 0 radical (unpaired) electrons. The predicted molar refractivity (Wildman–Crippen MR) is 118 cm³/mol. The molecule has 1 aromatic carbocycles. The van der Waals surface area contributed by atoms with Gasteiger partial charge in [-0.05, 0) is 30.0 Å². The fourth-order valence-electron chi connectivity index (χ4n) is 3.95. The van der Waals surface area contributed by atoms with Gasteiger partial charge in [-0.2, -0.15) is 5.10 Å². The van der Waals surface area contributed by atoms with Crippen molar-refractivity contribution in [2.75, 3.05) is 51.3 Å². The molecule has 1 N–H and O–H groups in total. The lowest BCUT2D eigenvalue weighted by Gasteiger charge is -2.36. The molecule has 1 fully saturated rings. The van der Waals surface area contributed by atoms with Crippen molar-refractivity contribution in [1.82, 2.24) is 14.7 Å². The molecular formula is C22H28N4O2S. The summed E-state index contributed by atoms with van der Waals surface area (Å²) in [7, 11) is 1.73. The van der Waals surface area contributed by atoms with Gasteiger partial charge in [-0.1, -0.05) is 18.2 Å². The summed E-state index contributed by atoms with van der Waals surface area (Å²) >= 11 is 1.72. The van der Waals surface area contributed by atoms with Gasteiger partial charge in [0, 0.05) is 38.3 Å². The van der Waals surface area contributed by atoms with Crippen molar-refractivity contribution in [3.05, 3.63) is 53.5 Å². The molecule has 6 nitrogen and oxygen atoms in total. The Morgan fingerprint density at radius 2 is 1.90 bits per heavy atom. The lowest BCUT2D eigenvalue weighted by Crippen LogP contribution is -2.47. The van der Waals surface area contributed by atoms with Gasteiger partial charge in [0.25, 0.3) is 0 Å². The number of piperazine rings is 1. The molecule has 4 rings (SSSR count). The highest BCUT2D eigenvalue weighted by atomic mass is 32.1. The number of benzene rings is 1. The Hall–Kier alpha value is -2.35. The zero-order chi connectivity index (χ0) is 20.1. The first-order chi connectivity index (χ1) is 14.3. The highest BCUT2D eigenvalue weighted by Gasteiger charge is 2.20. The summed E-state index contributed by atoms with van der Waals surface area (Å²) in [4.78, 5) is 6.14. The molecule has 0 spiro atoms. The number of rotatable bonds is 8. The van der Waals surface area contributed by atoms with E-state index in [4.69, 9.17) is 4.74 Å². The lowest BCUT2D eigenvalue weighted by molar-refractivity contribution is 0.260. The number of aliphatic hydroxyl groups is 1. The van der Waals surface area contributed by atoms with Crippen LogP contribution in [-0.2, 0) is 13.0 Å². The summed E-state index contributed by atoms with van der Waals surface area (Å²) in [5.74, 6) is 0.942. The number of aromatic nitrogens is 2. The zero-order valence-electron chi connectivity index (χ0n) is 16.8. The van der Waals surface area contributed by atoms with Crippen LogP contribution in [0.15, 0.2) is 48.0 Å². The number of aliphatic hydroxyl groups excluding tert-OH is 1. The number of nitrogens with zero attached hydrogens (tertiary/aromatic N) is 4. The lowest BCUT2D eigenvalue weighted by atomic mass is 10.1. The molecule has 3 aromatic rings. The molecule has 0 atom stereocenters. The minimum Gasteiger partial charge on any atom is -0.495 e. The Morgan fingerprint density at radius 1 is 1.07 bits per heavy atom. The monoisotopic (exact) mass is 412 g/mol. The van der Waals surface area contributed by atoms with Crippen molar-refractivity contribution < 1.29 is 9.84 Å². The topological polar surface area (TPSA) is 53.8 Å². The third kappa shape index (κ3) is 4.47. The first kappa shape index (κ1) is 19.9. The van der Waals surface area contributed by atoms with Crippen LogP contribution in [-0.4, -0.2) is 66.2 Å². The minimum absolute atomic E-state index is 0.102. The number of ether oxygens (including phenoxy) is 1. The van der Waals surface area contributed by atoms with Gasteiger partial charge in [0.15, 0.2) is 0 Å². The molecule has 0 amide bonds. The molecular weight excluding hydrogens is 384 g/mol. The van der Waals surface area contributed by atoms with Gasteiger partial charge in [-0.3, -0.25) is 9.58 Å². The standard InChI is InChI=1S/C22H28N4O2S/c1-28-20-6-3-2-5-19(20)25-12-10-24(11-13-25)9-8-18-17-23-26(14-15-27)22(18)21-7-4-16-29-21/h2-7,16-17,27H,8-15H2,1H3. The number of anilines is 1. The molecule has 0 saturated carbocycles. The second kappa shape index (κ2) is 9.43. The van der Waals surface area contributed by atoms with Gasteiger partial charge in [-0.15, -0.1) is 11.3 Å². The summed E-state index contributed by atoms with van der Waals surface area (Å²) in [6.07, 6.45) is 2.93. The first-order valence-corrected chi connectivity index (χ1v) is 11.0. The fraction of sp³-hybridized carbons (Fsp3) is 0.409. The van der Waals surface area contributed by atoms with Gasteiger partial charge in [0.2, 0.25) is 0 Å². The van der Waals surface area contributed by atoms with Crippen molar-refractivity contribution in [3.8, 4) is 16.3 Å². The quantitative estimate of drug-likeness (QED) is 0.617. The molecule has 0 bridgehead atoms. The molecule has 7 heteroatoms. The molecule has 1 aliphatic heterocycles. The second-order valence-corrected chi connectivity index (χ2v) is 8.14. The molecule has 3 heterocycles. The Kier molecular flexibility index (Phi) is 6.49. The summed E-state index contributed by atoms with van der Waals surface area (Å²) in [5, 5.41) is 16.0. The molecule has 0 unspecified atom stereocenters. The molecule has 2 aromatic heterocycles. The molecule has 154 valence electrons. The van der Waals surface area contributed by atoms with Crippen molar-refractivity contribution in [1.29, 1.82) is 0 Å². The van der Waals surface area contributed by atoms with Crippen LogP contribution in [0.5, 0.6) is 5.75 Å². The van der Waals surface area contributed by atoms with E-state index < -0.39 is 0 Å². The molecule has 29 heavy (non-hydrogen) atoms. The van der Waals surface area contributed by atoms with E-state index in [-0.39, 0.29) is 6.61 Å². The summed E-state index contributed by atoms with van der Waals surface area (Å²) in [6.45, 7) is 5.73. The van der Waals surface area contributed by atoms with Crippen LogP contribution >= 0.6 is 11.3 Å². The van der Waals surface area contributed by atoms with E-state index in [0.717, 1.165) is 50.6 Å². The normalized spacial score (nSPS) is 15.0. The van der Waals surface area contributed by atoms with Crippen molar-refractivity contribution in [2.24, 2.45) is 0 Å². The molecule has 0 aliphatic carbocycles. The fourth-order valence-corrected chi connectivity index (χ4v) is 4.76. The van der Waals surface area contributed by atoms with E-state index in [0.29, 0.717) is 6.54 Å². The Labute approximate surface area is 175 Å². The van der Waals surface area contributed by atoms with Crippen LogP contribution in [0.25, 0.3) is 10.6 Å². The highest BCUT2D eigenvalue weighted by molar-refractivity contribution is 7.13. The van der Waals surface area contributed by atoms with Crippen LogP contribution in [0.2, 0.25) is 0 Å². The number of hydrogen-bond donors (Lipinski definition) is 1. The Balaban J connectivity index is 1.38. The van der Waals surface area contributed by atoms with Crippen molar-refractivity contribution >= 4 is 17.0 Å². The van der Waals surface area contributed by atoms with Crippen LogP contribution in [0.4, 0.5) is 5.69 Å².